The molecule has 1 amide bonds. The predicted molar refractivity (Wildman–Crippen MR) is 122 cm³/mol. The van der Waals surface area contributed by atoms with E-state index in [1.807, 2.05) is 60.7 Å². The maximum Gasteiger partial charge on any atom is 0.409 e. The summed E-state index contributed by atoms with van der Waals surface area (Å²) in [6.45, 7) is 1.31. The molecular formula is C27H28FNO3. The molecule has 4 rings (SSSR count). The molecule has 0 spiro atoms. The Morgan fingerprint density at radius 3 is 1.97 bits per heavy atom. The molecule has 0 saturated carbocycles. The lowest BCUT2D eigenvalue weighted by atomic mass is 9.72. The summed E-state index contributed by atoms with van der Waals surface area (Å²) in [7, 11) is 0. The largest absolute Gasteiger partial charge is 0.449 e. The zero-order valence-corrected chi connectivity index (χ0v) is 18.0. The molecule has 1 N–H and O–H groups in total. The van der Waals surface area contributed by atoms with E-state index >= 15 is 0 Å². The van der Waals surface area contributed by atoms with E-state index in [4.69, 9.17) is 4.74 Å². The third-order valence-corrected chi connectivity index (χ3v) is 6.30. The summed E-state index contributed by atoms with van der Waals surface area (Å²) in [6, 6.07) is 25.7. The highest BCUT2D eigenvalue weighted by Crippen LogP contribution is 2.41. The van der Waals surface area contributed by atoms with E-state index in [1.54, 1.807) is 17.0 Å². The number of hydrogen-bond donors (Lipinski definition) is 1. The van der Waals surface area contributed by atoms with Gasteiger partial charge in [0.05, 0.1) is 6.61 Å². The van der Waals surface area contributed by atoms with Gasteiger partial charge in [0, 0.05) is 19.5 Å². The van der Waals surface area contributed by atoms with Gasteiger partial charge in [0.2, 0.25) is 0 Å². The van der Waals surface area contributed by atoms with Crippen LogP contribution in [0.5, 0.6) is 0 Å². The first-order valence-electron chi connectivity index (χ1n) is 11.1. The average Bonchev–Trinajstić information content (AvgIpc) is 2.86. The van der Waals surface area contributed by atoms with E-state index in [2.05, 4.69) is 0 Å². The number of halogens is 1. The molecule has 0 aliphatic carbocycles. The van der Waals surface area contributed by atoms with E-state index in [-0.39, 0.29) is 24.4 Å². The Labute approximate surface area is 188 Å². The minimum atomic E-state index is -1.11. The number of carbonyl (C=O) groups is 1. The Hall–Kier alpha value is -3.18. The van der Waals surface area contributed by atoms with Crippen LogP contribution in [-0.2, 0) is 16.8 Å². The van der Waals surface area contributed by atoms with Crippen LogP contribution in [0.3, 0.4) is 0 Å². The molecule has 0 bridgehead atoms. The van der Waals surface area contributed by atoms with Gasteiger partial charge in [0.25, 0.3) is 0 Å². The average molecular weight is 434 g/mol. The highest BCUT2D eigenvalue weighted by molar-refractivity contribution is 5.67. The van der Waals surface area contributed by atoms with E-state index in [0.717, 1.165) is 16.7 Å². The molecule has 166 valence electrons. The predicted octanol–water partition coefficient (Wildman–Crippen LogP) is 5.15. The maximum atomic E-state index is 13.0. The molecule has 0 atom stereocenters. The number of amides is 1. The first kappa shape index (κ1) is 22.0. The summed E-state index contributed by atoms with van der Waals surface area (Å²) in [5.74, 6) is -0.296. The van der Waals surface area contributed by atoms with E-state index in [0.29, 0.717) is 32.4 Å². The fraction of sp³-hybridized carbons (Fsp3) is 0.296. The molecule has 3 aromatic rings. The topological polar surface area (TPSA) is 49.8 Å². The first-order valence-corrected chi connectivity index (χ1v) is 11.1. The second-order valence-corrected chi connectivity index (χ2v) is 8.25. The Balaban J connectivity index is 1.38. The number of likely N-dealkylation sites (tertiary alicyclic amines) is 1. The van der Waals surface area contributed by atoms with Crippen LogP contribution in [0.4, 0.5) is 9.18 Å². The second-order valence-electron chi connectivity index (χ2n) is 8.25. The number of nitrogens with zero attached hydrogens (tertiary/aromatic N) is 1. The molecule has 3 aromatic carbocycles. The fourth-order valence-electron chi connectivity index (χ4n) is 4.50. The molecule has 1 saturated heterocycles. The van der Waals surface area contributed by atoms with Gasteiger partial charge in [-0.2, -0.15) is 0 Å². The molecule has 5 heteroatoms. The smallest absolute Gasteiger partial charge is 0.409 e. The van der Waals surface area contributed by atoms with Crippen molar-refractivity contribution in [3.63, 3.8) is 0 Å². The van der Waals surface area contributed by atoms with Crippen LogP contribution in [0.2, 0.25) is 0 Å². The molecule has 0 aromatic heterocycles. The van der Waals surface area contributed by atoms with Gasteiger partial charge in [-0.1, -0.05) is 72.8 Å². The number of rotatable bonds is 6. The Morgan fingerprint density at radius 1 is 0.906 bits per heavy atom. The van der Waals surface area contributed by atoms with Gasteiger partial charge in [-0.3, -0.25) is 0 Å². The van der Waals surface area contributed by atoms with Crippen LogP contribution in [0.25, 0.3) is 0 Å². The van der Waals surface area contributed by atoms with Gasteiger partial charge in [-0.15, -0.1) is 0 Å². The normalized spacial score (nSPS) is 14.9. The van der Waals surface area contributed by atoms with Crippen LogP contribution >= 0.6 is 0 Å². The van der Waals surface area contributed by atoms with Crippen molar-refractivity contribution in [1.82, 2.24) is 4.90 Å². The zero-order valence-electron chi connectivity index (χ0n) is 18.0. The van der Waals surface area contributed by atoms with Gasteiger partial charge >= 0.3 is 6.09 Å². The maximum absolute atomic E-state index is 13.0. The number of hydrogen-bond acceptors (Lipinski definition) is 3. The van der Waals surface area contributed by atoms with Crippen molar-refractivity contribution >= 4 is 6.09 Å². The zero-order chi connectivity index (χ0) is 22.4. The third kappa shape index (κ3) is 4.83. The molecule has 1 fully saturated rings. The van der Waals surface area contributed by atoms with Crippen LogP contribution < -0.4 is 0 Å². The van der Waals surface area contributed by atoms with Crippen molar-refractivity contribution < 1.29 is 19.0 Å². The van der Waals surface area contributed by atoms with Crippen molar-refractivity contribution in [2.75, 3.05) is 19.7 Å². The van der Waals surface area contributed by atoms with Crippen LogP contribution in [-0.4, -0.2) is 35.8 Å². The molecule has 1 aliphatic rings. The lowest BCUT2D eigenvalue weighted by molar-refractivity contribution is -0.0143. The minimum absolute atomic E-state index is 0.0180. The minimum Gasteiger partial charge on any atom is -0.449 e. The Morgan fingerprint density at radius 2 is 1.44 bits per heavy atom. The highest BCUT2D eigenvalue weighted by Gasteiger charge is 2.42. The van der Waals surface area contributed by atoms with E-state index < -0.39 is 5.60 Å². The first-order chi connectivity index (χ1) is 15.6. The van der Waals surface area contributed by atoms with Crippen LogP contribution in [0.1, 0.15) is 29.5 Å². The fourth-order valence-corrected chi connectivity index (χ4v) is 4.50. The number of benzene rings is 3. The quantitative estimate of drug-likeness (QED) is 0.585. The van der Waals surface area contributed by atoms with Gasteiger partial charge in [0.1, 0.15) is 11.4 Å². The van der Waals surface area contributed by atoms with Crippen LogP contribution in [0.15, 0.2) is 84.9 Å². The molecule has 0 radical (unpaired) electrons. The monoisotopic (exact) mass is 433 g/mol. The SMILES string of the molecule is O=C(OCCc1ccc(F)cc1)N1CCC(C(O)(c2ccccc2)c2ccccc2)CC1. The molecule has 0 unspecified atom stereocenters. The van der Waals surface area contributed by atoms with E-state index in [9.17, 15) is 14.3 Å². The summed E-state index contributed by atoms with van der Waals surface area (Å²) in [6.07, 6.45) is 1.55. The van der Waals surface area contributed by atoms with Gasteiger partial charge < -0.3 is 14.7 Å². The van der Waals surface area contributed by atoms with Gasteiger partial charge in [-0.05, 0) is 47.6 Å². The summed E-state index contributed by atoms with van der Waals surface area (Å²) < 4.78 is 18.4. The highest BCUT2D eigenvalue weighted by atomic mass is 19.1. The summed E-state index contributed by atoms with van der Waals surface area (Å²) in [5.41, 5.74) is 1.55. The number of piperidine rings is 1. The summed E-state index contributed by atoms with van der Waals surface area (Å²) in [4.78, 5) is 14.2. The lowest BCUT2D eigenvalue weighted by Crippen LogP contribution is -2.46. The van der Waals surface area contributed by atoms with Crippen molar-refractivity contribution in [2.45, 2.75) is 24.9 Å². The molecule has 1 heterocycles. The Kier molecular flexibility index (Phi) is 6.86. The lowest BCUT2D eigenvalue weighted by Gasteiger charge is -2.42. The Bertz CT molecular complexity index is 961. The van der Waals surface area contributed by atoms with Crippen molar-refractivity contribution in [3.05, 3.63) is 107 Å². The summed E-state index contributed by atoms with van der Waals surface area (Å²) >= 11 is 0. The molecular weight excluding hydrogens is 405 g/mol. The third-order valence-electron chi connectivity index (χ3n) is 6.30. The standard InChI is InChI=1S/C27H28FNO3/c28-25-13-11-21(12-14-25)17-20-32-26(30)29-18-15-24(16-19-29)27(31,22-7-3-1-4-8-22)23-9-5-2-6-10-23/h1-14,24,31H,15-20H2. The number of ether oxygens (including phenoxy) is 1. The van der Waals surface area contributed by atoms with Gasteiger partial charge in [0.15, 0.2) is 0 Å². The van der Waals surface area contributed by atoms with Crippen molar-refractivity contribution in [1.29, 1.82) is 0 Å². The molecule has 1 aliphatic heterocycles. The van der Waals surface area contributed by atoms with Crippen molar-refractivity contribution in [3.8, 4) is 0 Å². The summed E-state index contributed by atoms with van der Waals surface area (Å²) in [5, 5.41) is 11.9. The number of carbonyl (C=O) groups excluding carboxylic acids is 1. The van der Waals surface area contributed by atoms with Crippen molar-refractivity contribution in [2.24, 2.45) is 5.92 Å². The van der Waals surface area contributed by atoms with Gasteiger partial charge in [-0.25, -0.2) is 9.18 Å². The molecule has 4 nitrogen and oxygen atoms in total. The van der Waals surface area contributed by atoms with Crippen LogP contribution in [0, 0.1) is 11.7 Å². The van der Waals surface area contributed by atoms with E-state index in [1.165, 1.54) is 12.1 Å². The molecule has 32 heavy (non-hydrogen) atoms. The number of aliphatic hydroxyl groups is 1. The second kappa shape index (κ2) is 9.96.